The molecule has 0 radical (unpaired) electrons. The van der Waals surface area contributed by atoms with Gasteiger partial charge in [-0.2, -0.15) is 0 Å². The van der Waals surface area contributed by atoms with Crippen molar-refractivity contribution in [3.8, 4) is 0 Å². The van der Waals surface area contributed by atoms with Gasteiger partial charge in [-0.05, 0) is 74.3 Å². The summed E-state index contributed by atoms with van der Waals surface area (Å²) >= 11 is 0. The van der Waals surface area contributed by atoms with Crippen LogP contribution in [0.1, 0.15) is 66.3 Å². The second-order valence-electron chi connectivity index (χ2n) is 8.38. The first kappa shape index (κ1) is 20.2. The summed E-state index contributed by atoms with van der Waals surface area (Å²) in [5, 5.41) is 0. The SMILES string of the molecule is CCOC1(OC)CCC2(Cc3ccccn3)c3cnc(C=O)cc3CCCC2C1. The summed E-state index contributed by atoms with van der Waals surface area (Å²) in [7, 11) is 1.77. The Morgan fingerprint density at radius 1 is 1.28 bits per heavy atom. The van der Waals surface area contributed by atoms with Crippen molar-refractivity contribution in [1.82, 2.24) is 9.97 Å². The van der Waals surface area contributed by atoms with E-state index in [-0.39, 0.29) is 5.41 Å². The average Bonchev–Trinajstić information content (AvgIpc) is 2.91. The highest BCUT2D eigenvalue weighted by molar-refractivity contribution is 5.72. The number of aromatic nitrogens is 2. The van der Waals surface area contributed by atoms with Crippen LogP contribution in [0.4, 0.5) is 0 Å². The van der Waals surface area contributed by atoms with Crippen molar-refractivity contribution < 1.29 is 14.3 Å². The van der Waals surface area contributed by atoms with Gasteiger partial charge in [0.25, 0.3) is 0 Å². The Balaban J connectivity index is 1.81. The summed E-state index contributed by atoms with van der Waals surface area (Å²) in [5.41, 5.74) is 4.12. The molecule has 0 spiro atoms. The minimum absolute atomic E-state index is 0.0618. The number of hydrogen-bond acceptors (Lipinski definition) is 5. The van der Waals surface area contributed by atoms with E-state index >= 15 is 0 Å². The number of pyridine rings is 2. The van der Waals surface area contributed by atoms with Crippen molar-refractivity contribution in [3.05, 3.63) is 59.2 Å². The molecule has 0 bridgehead atoms. The predicted octanol–water partition coefficient (Wildman–Crippen LogP) is 4.29. The molecule has 2 aliphatic carbocycles. The zero-order valence-electron chi connectivity index (χ0n) is 17.4. The van der Waals surface area contributed by atoms with Crippen molar-refractivity contribution in [2.75, 3.05) is 13.7 Å². The van der Waals surface area contributed by atoms with E-state index in [0.29, 0.717) is 18.2 Å². The summed E-state index contributed by atoms with van der Waals surface area (Å²) in [6.07, 6.45) is 11.4. The van der Waals surface area contributed by atoms with Gasteiger partial charge in [0.05, 0.1) is 0 Å². The van der Waals surface area contributed by atoms with Crippen LogP contribution in [0.5, 0.6) is 0 Å². The van der Waals surface area contributed by atoms with Crippen LogP contribution >= 0.6 is 0 Å². The summed E-state index contributed by atoms with van der Waals surface area (Å²) in [4.78, 5) is 20.4. The van der Waals surface area contributed by atoms with Gasteiger partial charge >= 0.3 is 0 Å². The van der Waals surface area contributed by atoms with Crippen molar-refractivity contribution in [1.29, 1.82) is 0 Å². The molecule has 5 heteroatoms. The molecule has 29 heavy (non-hydrogen) atoms. The first-order valence-corrected chi connectivity index (χ1v) is 10.7. The van der Waals surface area contributed by atoms with Crippen LogP contribution in [0, 0.1) is 5.92 Å². The van der Waals surface area contributed by atoms with Gasteiger partial charge in [0.2, 0.25) is 0 Å². The van der Waals surface area contributed by atoms with Gasteiger partial charge in [0.1, 0.15) is 5.69 Å². The summed E-state index contributed by atoms with van der Waals surface area (Å²) in [6, 6.07) is 8.13. The lowest BCUT2D eigenvalue weighted by Crippen LogP contribution is -2.51. The van der Waals surface area contributed by atoms with E-state index in [1.54, 1.807) is 7.11 Å². The molecular formula is C24H30N2O3. The van der Waals surface area contributed by atoms with Gasteiger partial charge in [-0.25, -0.2) is 0 Å². The molecule has 0 amide bonds. The highest BCUT2D eigenvalue weighted by atomic mass is 16.7. The Morgan fingerprint density at radius 3 is 2.90 bits per heavy atom. The number of aryl methyl sites for hydroxylation is 1. The van der Waals surface area contributed by atoms with Gasteiger partial charge in [-0.15, -0.1) is 0 Å². The first-order chi connectivity index (χ1) is 14.1. The standard InChI is InChI=1S/C24H30N2O3/c1-3-29-24(28-2)11-10-23(15-20-9-4-5-12-25-20)19(14-24)8-6-7-18-13-21(17-27)26-16-22(18)23/h4-5,9,12-13,16-17,19H,3,6-8,10-11,14-15H2,1-2H3. The number of aldehydes is 1. The van der Waals surface area contributed by atoms with Crippen LogP contribution in [0.3, 0.4) is 0 Å². The van der Waals surface area contributed by atoms with Gasteiger partial charge in [-0.1, -0.05) is 6.07 Å². The molecule has 3 atom stereocenters. The molecular weight excluding hydrogens is 364 g/mol. The van der Waals surface area contributed by atoms with Gasteiger partial charge in [0.15, 0.2) is 12.1 Å². The number of carbonyl (C=O) groups excluding carboxylic acids is 1. The zero-order chi connectivity index (χ0) is 20.3. The summed E-state index contributed by atoms with van der Waals surface area (Å²) in [6.45, 7) is 2.68. The normalized spacial score (nSPS) is 28.8. The maximum atomic E-state index is 11.3. The first-order valence-electron chi connectivity index (χ1n) is 10.7. The van der Waals surface area contributed by atoms with Crippen LogP contribution in [0.25, 0.3) is 0 Å². The molecule has 1 fully saturated rings. The van der Waals surface area contributed by atoms with Crippen molar-refractivity contribution >= 4 is 6.29 Å². The second kappa shape index (κ2) is 8.33. The fraction of sp³-hybridized carbons (Fsp3) is 0.542. The van der Waals surface area contributed by atoms with E-state index in [1.165, 1.54) is 11.1 Å². The number of methoxy groups -OCH3 is 1. The lowest BCUT2D eigenvalue weighted by Gasteiger charge is -2.51. The monoisotopic (exact) mass is 394 g/mol. The molecule has 5 nitrogen and oxygen atoms in total. The number of carbonyl (C=O) groups is 1. The molecule has 0 aliphatic heterocycles. The van der Waals surface area contributed by atoms with Crippen LogP contribution in [0.15, 0.2) is 36.7 Å². The van der Waals surface area contributed by atoms with Crippen LogP contribution < -0.4 is 0 Å². The van der Waals surface area contributed by atoms with Gasteiger partial charge in [0, 0.05) is 50.1 Å². The van der Waals surface area contributed by atoms with Crippen LogP contribution in [-0.4, -0.2) is 35.8 Å². The second-order valence-corrected chi connectivity index (χ2v) is 8.38. The van der Waals surface area contributed by atoms with Gasteiger partial charge < -0.3 is 9.47 Å². The van der Waals surface area contributed by atoms with E-state index < -0.39 is 5.79 Å². The molecule has 0 N–H and O–H groups in total. The maximum Gasteiger partial charge on any atom is 0.168 e. The Morgan fingerprint density at radius 2 is 2.17 bits per heavy atom. The largest absolute Gasteiger partial charge is 0.353 e. The molecule has 3 unspecified atom stereocenters. The molecule has 1 saturated carbocycles. The fourth-order valence-corrected chi connectivity index (χ4v) is 5.59. The van der Waals surface area contributed by atoms with Crippen molar-refractivity contribution in [3.63, 3.8) is 0 Å². The predicted molar refractivity (Wildman–Crippen MR) is 111 cm³/mol. The Labute approximate surface area is 172 Å². The van der Waals surface area contributed by atoms with Gasteiger partial charge in [-0.3, -0.25) is 14.8 Å². The van der Waals surface area contributed by atoms with Crippen LogP contribution in [-0.2, 0) is 27.7 Å². The maximum absolute atomic E-state index is 11.3. The topological polar surface area (TPSA) is 61.3 Å². The minimum atomic E-state index is -0.506. The number of nitrogens with zero attached hydrogens (tertiary/aromatic N) is 2. The van der Waals surface area contributed by atoms with Crippen molar-refractivity contribution in [2.24, 2.45) is 5.92 Å². The van der Waals surface area contributed by atoms with E-state index in [9.17, 15) is 4.79 Å². The molecule has 154 valence electrons. The lowest BCUT2D eigenvalue weighted by molar-refractivity contribution is -0.252. The molecule has 4 rings (SSSR count). The summed E-state index contributed by atoms with van der Waals surface area (Å²) < 4.78 is 12.1. The third kappa shape index (κ3) is 3.74. The molecule has 2 aromatic heterocycles. The zero-order valence-corrected chi connectivity index (χ0v) is 17.4. The fourth-order valence-electron chi connectivity index (χ4n) is 5.59. The molecule has 0 aromatic carbocycles. The van der Waals surface area contributed by atoms with E-state index in [0.717, 1.165) is 56.9 Å². The molecule has 0 saturated heterocycles. The lowest BCUT2D eigenvalue weighted by atomic mass is 9.58. The highest BCUT2D eigenvalue weighted by Crippen LogP contribution is 2.54. The van der Waals surface area contributed by atoms with E-state index in [4.69, 9.17) is 9.47 Å². The Kier molecular flexibility index (Phi) is 5.79. The van der Waals surface area contributed by atoms with Crippen molar-refractivity contribution in [2.45, 2.75) is 63.1 Å². The average molecular weight is 395 g/mol. The van der Waals surface area contributed by atoms with E-state index in [1.807, 2.05) is 31.5 Å². The third-order valence-electron chi connectivity index (χ3n) is 6.96. The Hall–Kier alpha value is -2.11. The minimum Gasteiger partial charge on any atom is -0.353 e. The molecule has 2 heterocycles. The third-order valence-corrected chi connectivity index (χ3v) is 6.96. The molecule has 2 aliphatic rings. The highest BCUT2D eigenvalue weighted by Gasteiger charge is 2.52. The number of ether oxygens (including phenoxy) is 2. The summed E-state index contributed by atoms with van der Waals surface area (Å²) in [5.74, 6) is -0.0943. The number of fused-ring (bicyclic) bond motifs is 3. The quantitative estimate of drug-likeness (QED) is 0.540. The smallest absolute Gasteiger partial charge is 0.168 e. The Bertz CT molecular complexity index is 856. The van der Waals surface area contributed by atoms with E-state index in [2.05, 4.69) is 22.1 Å². The number of hydrogen-bond donors (Lipinski definition) is 0. The van der Waals surface area contributed by atoms with Crippen LogP contribution in [0.2, 0.25) is 0 Å². The number of rotatable bonds is 6. The molecule has 2 aromatic rings.